The minimum atomic E-state index is -3.83. The van der Waals surface area contributed by atoms with Gasteiger partial charge in [-0.15, -0.1) is 0 Å². The van der Waals surface area contributed by atoms with Crippen LogP contribution >= 0.6 is 0 Å². The molecule has 1 atom stereocenters. The smallest absolute Gasteiger partial charge is 0.324 e. The van der Waals surface area contributed by atoms with Gasteiger partial charge < -0.3 is 10.1 Å². The predicted molar refractivity (Wildman–Crippen MR) is 123 cm³/mol. The maximum Gasteiger partial charge on any atom is 0.324 e. The Hall–Kier alpha value is -2.71. The SMILES string of the molecule is Cc1cccc(C(C)C)c1NC(=O)COC(=O)C1CCCCN1S(=O)(=O)c1ccccc1. The Morgan fingerprint density at radius 1 is 1.09 bits per heavy atom. The number of sulfonamides is 1. The van der Waals surface area contributed by atoms with Gasteiger partial charge >= 0.3 is 5.97 Å². The van der Waals surface area contributed by atoms with Gasteiger partial charge in [0.2, 0.25) is 10.0 Å². The van der Waals surface area contributed by atoms with E-state index in [1.165, 1.54) is 16.4 Å². The number of hydrogen-bond donors (Lipinski definition) is 1. The molecule has 1 aliphatic rings. The molecule has 0 radical (unpaired) electrons. The summed E-state index contributed by atoms with van der Waals surface area (Å²) < 4.78 is 32.6. The van der Waals surface area contributed by atoms with E-state index in [1.54, 1.807) is 18.2 Å². The number of carbonyl (C=O) groups is 2. The number of esters is 1. The quantitative estimate of drug-likeness (QED) is 0.637. The molecule has 172 valence electrons. The Kier molecular flexibility index (Phi) is 7.69. The number of rotatable bonds is 7. The largest absolute Gasteiger partial charge is 0.454 e. The van der Waals surface area contributed by atoms with Crippen LogP contribution in [-0.2, 0) is 24.3 Å². The minimum absolute atomic E-state index is 0.137. The second-order valence-electron chi connectivity index (χ2n) is 8.29. The summed E-state index contributed by atoms with van der Waals surface area (Å²) in [5, 5.41) is 2.84. The molecule has 0 spiro atoms. The van der Waals surface area contributed by atoms with Crippen molar-refractivity contribution in [2.45, 2.75) is 56.9 Å². The first kappa shape index (κ1) is 23.9. The highest BCUT2D eigenvalue weighted by atomic mass is 32.2. The second kappa shape index (κ2) is 10.3. The van der Waals surface area contributed by atoms with E-state index in [2.05, 4.69) is 5.32 Å². The number of carbonyl (C=O) groups excluding carboxylic acids is 2. The number of hydrogen-bond acceptors (Lipinski definition) is 5. The molecular weight excluding hydrogens is 428 g/mol. The summed E-state index contributed by atoms with van der Waals surface area (Å²) in [5.74, 6) is -0.942. The normalized spacial score (nSPS) is 17.2. The summed E-state index contributed by atoms with van der Waals surface area (Å²) in [5.41, 5.74) is 2.63. The van der Waals surface area contributed by atoms with Crippen molar-refractivity contribution in [1.82, 2.24) is 4.31 Å². The molecule has 32 heavy (non-hydrogen) atoms. The highest BCUT2D eigenvalue weighted by Crippen LogP contribution is 2.28. The summed E-state index contributed by atoms with van der Waals surface area (Å²) in [6.07, 6.45) is 1.75. The third-order valence-corrected chi connectivity index (χ3v) is 7.53. The second-order valence-corrected chi connectivity index (χ2v) is 10.2. The van der Waals surface area contributed by atoms with Gasteiger partial charge in [-0.2, -0.15) is 4.31 Å². The Balaban J connectivity index is 1.68. The Morgan fingerprint density at radius 3 is 2.50 bits per heavy atom. The first-order valence-corrected chi connectivity index (χ1v) is 12.3. The summed E-state index contributed by atoms with van der Waals surface area (Å²) in [6, 6.07) is 12.9. The van der Waals surface area contributed by atoms with Gasteiger partial charge in [-0.05, 0) is 55.4 Å². The van der Waals surface area contributed by atoms with E-state index < -0.39 is 34.5 Å². The molecule has 3 rings (SSSR count). The molecule has 1 aliphatic heterocycles. The lowest BCUT2D eigenvalue weighted by atomic mass is 9.98. The highest BCUT2D eigenvalue weighted by Gasteiger charge is 2.38. The maximum atomic E-state index is 13.1. The fourth-order valence-electron chi connectivity index (χ4n) is 3.91. The Bertz CT molecular complexity index is 1070. The van der Waals surface area contributed by atoms with E-state index >= 15 is 0 Å². The van der Waals surface area contributed by atoms with Gasteiger partial charge in [0.15, 0.2) is 6.61 Å². The van der Waals surface area contributed by atoms with Crippen LogP contribution in [0.3, 0.4) is 0 Å². The lowest BCUT2D eigenvalue weighted by Crippen LogP contribution is -2.48. The van der Waals surface area contributed by atoms with Crippen LogP contribution in [0.15, 0.2) is 53.4 Å². The third-order valence-electron chi connectivity index (χ3n) is 5.61. The van der Waals surface area contributed by atoms with Crippen LogP contribution in [-0.4, -0.2) is 43.8 Å². The monoisotopic (exact) mass is 458 g/mol. The van der Waals surface area contributed by atoms with E-state index in [0.29, 0.717) is 19.3 Å². The van der Waals surface area contributed by atoms with Crippen LogP contribution in [0.4, 0.5) is 5.69 Å². The van der Waals surface area contributed by atoms with Crippen molar-refractivity contribution in [2.24, 2.45) is 0 Å². The van der Waals surface area contributed by atoms with Crippen molar-refractivity contribution in [3.05, 3.63) is 59.7 Å². The molecule has 8 heteroatoms. The summed E-state index contributed by atoms with van der Waals surface area (Å²) in [4.78, 5) is 25.4. The molecule has 0 bridgehead atoms. The minimum Gasteiger partial charge on any atom is -0.454 e. The number of aryl methyl sites for hydroxylation is 1. The number of amides is 1. The van der Waals surface area contributed by atoms with Crippen LogP contribution in [0.1, 0.15) is 50.2 Å². The number of piperidine rings is 1. The summed E-state index contributed by atoms with van der Waals surface area (Å²) in [7, 11) is -3.83. The van der Waals surface area contributed by atoms with Gasteiger partial charge in [0.05, 0.1) is 4.90 Å². The Morgan fingerprint density at radius 2 is 1.81 bits per heavy atom. The van der Waals surface area contributed by atoms with Crippen LogP contribution in [0.25, 0.3) is 0 Å². The first-order valence-electron chi connectivity index (χ1n) is 10.8. The number of para-hydroxylation sites is 1. The standard InChI is InChI=1S/C24H30N2O5S/c1-17(2)20-13-9-10-18(3)23(20)25-22(27)16-31-24(28)21-14-7-8-15-26(21)32(29,30)19-11-5-4-6-12-19/h4-6,9-13,17,21H,7-8,14-16H2,1-3H3,(H,25,27). The number of nitrogens with one attached hydrogen (secondary N) is 1. The van der Waals surface area contributed by atoms with Crippen molar-refractivity contribution in [3.63, 3.8) is 0 Å². The van der Waals surface area contributed by atoms with Gasteiger partial charge in [0.1, 0.15) is 6.04 Å². The molecule has 1 heterocycles. The van der Waals surface area contributed by atoms with Gasteiger partial charge in [-0.1, -0.05) is 50.2 Å². The van der Waals surface area contributed by atoms with E-state index in [0.717, 1.165) is 16.8 Å². The molecular formula is C24H30N2O5S. The van der Waals surface area contributed by atoms with Gasteiger partial charge in [0, 0.05) is 12.2 Å². The lowest BCUT2D eigenvalue weighted by Gasteiger charge is -2.32. The molecule has 2 aromatic carbocycles. The van der Waals surface area contributed by atoms with Crippen molar-refractivity contribution in [3.8, 4) is 0 Å². The van der Waals surface area contributed by atoms with Gasteiger partial charge in [-0.3, -0.25) is 9.59 Å². The number of nitrogens with zero attached hydrogens (tertiary/aromatic N) is 1. The van der Waals surface area contributed by atoms with Crippen molar-refractivity contribution in [2.75, 3.05) is 18.5 Å². The van der Waals surface area contributed by atoms with Gasteiger partial charge in [0.25, 0.3) is 5.91 Å². The molecule has 1 amide bonds. The zero-order valence-corrected chi connectivity index (χ0v) is 19.5. The topological polar surface area (TPSA) is 92.8 Å². The van der Waals surface area contributed by atoms with Crippen LogP contribution < -0.4 is 5.32 Å². The molecule has 1 unspecified atom stereocenters. The molecule has 2 aromatic rings. The van der Waals surface area contributed by atoms with E-state index in [9.17, 15) is 18.0 Å². The van der Waals surface area contributed by atoms with Crippen molar-refractivity contribution < 1.29 is 22.7 Å². The maximum absolute atomic E-state index is 13.1. The van der Waals surface area contributed by atoms with Crippen LogP contribution in [0, 0.1) is 6.92 Å². The van der Waals surface area contributed by atoms with E-state index in [-0.39, 0.29) is 17.4 Å². The molecule has 0 aliphatic carbocycles. The summed E-state index contributed by atoms with van der Waals surface area (Å²) in [6.45, 7) is 5.75. The Labute approximate surface area is 189 Å². The predicted octanol–water partition coefficient (Wildman–Crippen LogP) is 3.84. The fraction of sp³-hybridized carbons (Fsp3) is 0.417. The van der Waals surface area contributed by atoms with Crippen molar-refractivity contribution >= 4 is 27.6 Å². The number of anilines is 1. The average Bonchev–Trinajstić information content (AvgIpc) is 2.79. The van der Waals surface area contributed by atoms with Crippen LogP contribution in [0.2, 0.25) is 0 Å². The molecule has 7 nitrogen and oxygen atoms in total. The van der Waals surface area contributed by atoms with Crippen molar-refractivity contribution in [1.29, 1.82) is 0 Å². The zero-order chi connectivity index (χ0) is 23.3. The van der Waals surface area contributed by atoms with E-state index in [1.807, 2.05) is 39.0 Å². The van der Waals surface area contributed by atoms with E-state index in [4.69, 9.17) is 4.74 Å². The zero-order valence-electron chi connectivity index (χ0n) is 18.7. The first-order chi connectivity index (χ1) is 15.2. The molecule has 1 saturated heterocycles. The highest BCUT2D eigenvalue weighted by molar-refractivity contribution is 7.89. The average molecular weight is 459 g/mol. The summed E-state index contributed by atoms with van der Waals surface area (Å²) >= 11 is 0. The molecule has 1 N–H and O–H groups in total. The van der Waals surface area contributed by atoms with Crippen LogP contribution in [0.5, 0.6) is 0 Å². The molecule has 1 fully saturated rings. The number of ether oxygens (including phenoxy) is 1. The molecule has 0 saturated carbocycles. The third kappa shape index (κ3) is 5.37. The fourth-order valence-corrected chi connectivity index (χ4v) is 5.57. The van der Waals surface area contributed by atoms with Gasteiger partial charge in [-0.25, -0.2) is 8.42 Å². The number of benzene rings is 2. The lowest BCUT2D eigenvalue weighted by molar-refractivity contribution is -0.152. The molecule has 0 aromatic heterocycles.